The largest absolute Gasteiger partial charge is 0.491 e. The lowest BCUT2D eigenvalue weighted by Gasteiger charge is -2.31. The Bertz CT molecular complexity index is 924. The van der Waals surface area contributed by atoms with Gasteiger partial charge in [0.2, 0.25) is 5.91 Å². The van der Waals surface area contributed by atoms with Crippen molar-refractivity contribution < 1.29 is 14.6 Å². The molecule has 1 aromatic heterocycles. The first kappa shape index (κ1) is 23.7. The Morgan fingerprint density at radius 3 is 2.50 bits per heavy atom. The fourth-order valence-electron chi connectivity index (χ4n) is 4.27. The van der Waals surface area contributed by atoms with Crippen LogP contribution in [0.2, 0.25) is 0 Å². The van der Waals surface area contributed by atoms with Gasteiger partial charge in [-0.15, -0.1) is 0 Å². The summed E-state index contributed by atoms with van der Waals surface area (Å²) >= 11 is 0. The van der Waals surface area contributed by atoms with E-state index in [1.807, 2.05) is 36.4 Å². The van der Waals surface area contributed by atoms with Gasteiger partial charge in [0.25, 0.3) is 0 Å². The third-order valence-corrected chi connectivity index (χ3v) is 6.26. The molecule has 1 aliphatic rings. The normalized spacial score (nSPS) is 17.2. The maximum absolute atomic E-state index is 13.1. The molecule has 170 valence electrons. The van der Waals surface area contributed by atoms with Crippen LogP contribution < -0.4 is 10.1 Å². The van der Waals surface area contributed by atoms with E-state index in [9.17, 15) is 15.2 Å². The van der Waals surface area contributed by atoms with Gasteiger partial charge in [0.05, 0.1) is 48.5 Å². The molecule has 1 amide bonds. The van der Waals surface area contributed by atoms with Crippen molar-refractivity contribution in [1.29, 1.82) is 5.26 Å². The van der Waals surface area contributed by atoms with Gasteiger partial charge in [-0.3, -0.25) is 9.78 Å². The van der Waals surface area contributed by atoms with Crippen LogP contribution in [0.3, 0.4) is 0 Å². The predicted molar refractivity (Wildman–Crippen MR) is 123 cm³/mol. The minimum atomic E-state index is -1.25. The second-order valence-corrected chi connectivity index (χ2v) is 9.65. The number of carbonyl (C=O) groups is 1. The van der Waals surface area contributed by atoms with Gasteiger partial charge >= 0.3 is 0 Å². The lowest BCUT2D eigenvalue weighted by atomic mass is 9.90. The minimum Gasteiger partial charge on any atom is -0.491 e. The van der Waals surface area contributed by atoms with Crippen molar-refractivity contribution in [3.8, 4) is 11.8 Å². The fourth-order valence-corrected chi connectivity index (χ4v) is 4.27. The molecule has 1 saturated carbocycles. The Morgan fingerprint density at radius 2 is 1.94 bits per heavy atom. The zero-order valence-electron chi connectivity index (χ0n) is 19.2. The van der Waals surface area contributed by atoms with Crippen molar-refractivity contribution in [2.45, 2.75) is 70.4 Å². The van der Waals surface area contributed by atoms with Crippen LogP contribution in [0.5, 0.6) is 5.75 Å². The van der Waals surface area contributed by atoms with E-state index >= 15 is 0 Å². The highest BCUT2D eigenvalue weighted by Gasteiger charge is 2.34. The highest BCUT2D eigenvalue weighted by Crippen LogP contribution is 2.38. The van der Waals surface area contributed by atoms with Crippen molar-refractivity contribution in [2.75, 3.05) is 6.61 Å². The smallest absolute Gasteiger partial charge is 0.229 e. The number of nitrogens with one attached hydrogen (secondary N) is 1. The van der Waals surface area contributed by atoms with E-state index in [-0.39, 0.29) is 17.7 Å². The van der Waals surface area contributed by atoms with Gasteiger partial charge in [-0.1, -0.05) is 50.1 Å². The highest BCUT2D eigenvalue weighted by molar-refractivity contribution is 5.84. The molecule has 1 fully saturated rings. The molecule has 0 bridgehead atoms. The number of benzene rings is 1. The summed E-state index contributed by atoms with van der Waals surface area (Å²) < 4.78 is 5.97. The first-order chi connectivity index (χ1) is 15.2. The van der Waals surface area contributed by atoms with Crippen molar-refractivity contribution >= 4 is 5.91 Å². The van der Waals surface area contributed by atoms with E-state index in [1.165, 1.54) is 25.7 Å². The molecular weight excluding hydrogens is 402 g/mol. The van der Waals surface area contributed by atoms with E-state index in [0.29, 0.717) is 18.1 Å². The molecule has 0 saturated heterocycles. The number of aromatic nitrogens is 1. The van der Waals surface area contributed by atoms with Gasteiger partial charge in [-0.2, -0.15) is 5.26 Å². The summed E-state index contributed by atoms with van der Waals surface area (Å²) in [5.41, 5.74) is 0.262. The number of aliphatic hydroxyl groups is 1. The first-order valence-corrected chi connectivity index (χ1v) is 11.3. The van der Waals surface area contributed by atoms with Crippen LogP contribution in [0, 0.1) is 16.7 Å². The Kier molecular flexibility index (Phi) is 7.52. The van der Waals surface area contributed by atoms with E-state index in [2.05, 4.69) is 23.3 Å². The van der Waals surface area contributed by atoms with Crippen molar-refractivity contribution in [1.82, 2.24) is 10.3 Å². The van der Waals surface area contributed by atoms with Crippen molar-refractivity contribution in [3.63, 3.8) is 0 Å². The van der Waals surface area contributed by atoms with E-state index < -0.39 is 17.6 Å². The van der Waals surface area contributed by atoms with E-state index in [4.69, 9.17) is 4.74 Å². The summed E-state index contributed by atoms with van der Waals surface area (Å²) in [5, 5.41) is 22.9. The molecule has 3 rings (SSSR count). The first-order valence-electron chi connectivity index (χ1n) is 11.3. The highest BCUT2D eigenvalue weighted by atomic mass is 16.5. The van der Waals surface area contributed by atoms with Gasteiger partial charge in [0, 0.05) is 5.41 Å². The molecule has 2 atom stereocenters. The molecule has 2 aromatic rings. The maximum Gasteiger partial charge on any atom is 0.229 e. The quantitative estimate of drug-likeness (QED) is 0.597. The average molecular weight is 436 g/mol. The number of hydrogen-bond acceptors (Lipinski definition) is 5. The number of carbonyl (C=O) groups excluding carboxylic acids is 1. The molecule has 1 aromatic carbocycles. The molecule has 0 spiro atoms. The Labute approximate surface area is 190 Å². The van der Waals surface area contributed by atoms with Gasteiger partial charge in [-0.25, -0.2) is 0 Å². The van der Waals surface area contributed by atoms with Crippen LogP contribution in [0.1, 0.15) is 76.1 Å². The van der Waals surface area contributed by atoms with Gasteiger partial charge < -0.3 is 15.2 Å². The lowest BCUT2D eigenvalue weighted by Crippen LogP contribution is -2.44. The monoisotopic (exact) mass is 435 g/mol. The van der Waals surface area contributed by atoms with Crippen LogP contribution >= 0.6 is 0 Å². The Morgan fingerprint density at radius 1 is 1.25 bits per heavy atom. The number of ether oxygens (including phenoxy) is 1. The molecular formula is C26H33N3O3. The van der Waals surface area contributed by atoms with Crippen LogP contribution in [0.25, 0.3) is 0 Å². The molecule has 0 aliphatic heterocycles. The Hall–Kier alpha value is -2.91. The van der Waals surface area contributed by atoms with Crippen molar-refractivity contribution in [2.24, 2.45) is 5.41 Å². The third-order valence-electron chi connectivity index (χ3n) is 6.26. The average Bonchev–Trinajstić information content (AvgIpc) is 3.21. The van der Waals surface area contributed by atoms with E-state index in [0.717, 1.165) is 5.56 Å². The summed E-state index contributed by atoms with van der Waals surface area (Å²) in [7, 11) is 0. The number of amides is 1. The second-order valence-electron chi connectivity index (χ2n) is 9.65. The topological polar surface area (TPSA) is 95.2 Å². The lowest BCUT2D eigenvalue weighted by molar-refractivity contribution is -0.125. The fraction of sp³-hybridized carbons (Fsp3) is 0.500. The van der Waals surface area contributed by atoms with Crippen LogP contribution in [-0.2, 0) is 4.79 Å². The molecule has 0 radical (unpaired) electrons. The second kappa shape index (κ2) is 10.1. The van der Waals surface area contributed by atoms with Crippen molar-refractivity contribution in [3.05, 3.63) is 59.9 Å². The number of nitrogens with zero attached hydrogens (tertiary/aromatic N) is 2. The summed E-state index contributed by atoms with van der Waals surface area (Å²) in [6, 6.07) is 14.2. The summed E-state index contributed by atoms with van der Waals surface area (Å²) in [4.78, 5) is 17.6. The minimum absolute atomic E-state index is 0.0490. The van der Waals surface area contributed by atoms with Crippen LogP contribution in [0.4, 0.5) is 0 Å². The zero-order valence-corrected chi connectivity index (χ0v) is 19.2. The SMILES string of the molecule is CC1(COc2ccc(C(NC(=O)C(CC#N)c3ccccc3)C(C)(C)O)nc2)CCCC1. The van der Waals surface area contributed by atoms with Gasteiger partial charge in [0.1, 0.15) is 5.75 Å². The molecule has 1 heterocycles. The number of rotatable bonds is 9. The number of pyridine rings is 1. The molecule has 6 heteroatoms. The number of hydrogen-bond donors (Lipinski definition) is 2. The molecule has 32 heavy (non-hydrogen) atoms. The third kappa shape index (κ3) is 6.08. The van der Waals surface area contributed by atoms with Gasteiger partial charge in [0.15, 0.2) is 0 Å². The molecule has 6 nitrogen and oxygen atoms in total. The summed E-state index contributed by atoms with van der Waals surface area (Å²) in [6.45, 7) is 6.18. The molecule has 2 N–H and O–H groups in total. The maximum atomic E-state index is 13.1. The molecule has 1 aliphatic carbocycles. The Balaban J connectivity index is 1.73. The van der Waals surface area contributed by atoms with E-state index in [1.54, 1.807) is 26.1 Å². The zero-order chi connectivity index (χ0) is 23.2. The number of nitriles is 1. The van der Waals surface area contributed by atoms with Crippen LogP contribution in [0.15, 0.2) is 48.7 Å². The summed E-state index contributed by atoms with van der Waals surface area (Å²) in [6.07, 6.45) is 6.54. The summed E-state index contributed by atoms with van der Waals surface area (Å²) in [5.74, 6) is -0.267. The standard InChI is InChI=1S/C26H33N3O3/c1-25(2,31)23(29-24(30)21(13-16-27)19-9-5-4-6-10-19)22-12-11-20(17-28-22)32-18-26(3)14-7-8-15-26/h4-6,9-12,17,21,23,31H,7-8,13-15,18H2,1-3H3,(H,29,30). The molecule has 2 unspecified atom stereocenters. The van der Waals surface area contributed by atoms with Gasteiger partial charge in [-0.05, 0) is 44.4 Å². The van der Waals surface area contributed by atoms with Crippen LogP contribution in [-0.4, -0.2) is 28.2 Å². The predicted octanol–water partition coefficient (Wildman–Crippen LogP) is 4.67.